The van der Waals surface area contributed by atoms with E-state index in [9.17, 15) is 4.39 Å². The maximum atomic E-state index is 14.1. The van der Waals surface area contributed by atoms with Gasteiger partial charge < -0.3 is 14.0 Å². The lowest BCUT2D eigenvalue weighted by molar-refractivity contribution is 0.187. The summed E-state index contributed by atoms with van der Waals surface area (Å²) < 4.78 is 26.0. The lowest BCUT2D eigenvalue weighted by Gasteiger charge is -2.10. The molecular weight excluding hydrogens is 329 g/mol. The first-order chi connectivity index (χ1) is 9.71. The van der Waals surface area contributed by atoms with Crippen LogP contribution in [0.15, 0.2) is 18.2 Å². The number of ether oxygens (including phenoxy) is 2. The van der Waals surface area contributed by atoms with Gasteiger partial charge in [-0.05, 0) is 12.1 Å². The zero-order valence-electron chi connectivity index (χ0n) is 11.3. The van der Waals surface area contributed by atoms with Crippen LogP contribution in [0.5, 0.6) is 5.75 Å². The molecule has 1 heterocycles. The number of hydrogen-bond donors (Lipinski definition) is 0. The second-order valence-corrected chi connectivity index (χ2v) is 4.62. The zero-order valence-corrected chi connectivity index (χ0v) is 12.9. The number of aromatic nitrogens is 3. The summed E-state index contributed by atoms with van der Waals surface area (Å²) in [6.07, 6.45) is 0. The second-order valence-electron chi connectivity index (χ2n) is 4.06. The first-order valence-electron chi connectivity index (χ1n) is 6.02. The summed E-state index contributed by atoms with van der Waals surface area (Å²) in [7, 11) is 3.12. The van der Waals surface area contributed by atoms with E-state index < -0.39 is 5.82 Å². The molecule has 0 aliphatic heterocycles. The molecule has 0 saturated heterocycles. The predicted octanol–water partition coefficient (Wildman–Crippen LogP) is 2.63. The average Bonchev–Trinajstić information content (AvgIpc) is 2.87. The molecule has 0 radical (unpaired) electrons. The molecule has 2 rings (SSSR count). The SMILES string of the molecule is COCCn1c(CBr)nnc1-c1ccc(OC)cc1F. The van der Waals surface area contributed by atoms with Crippen molar-refractivity contribution in [3.8, 4) is 17.1 Å². The van der Waals surface area contributed by atoms with Crippen molar-refractivity contribution in [2.24, 2.45) is 0 Å². The summed E-state index contributed by atoms with van der Waals surface area (Å²) in [6.45, 7) is 1.06. The maximum absolute atomic E-state index is 14.1. The van der Waals surface area contributed by atoms with E-state index in [1.54, 1.807) is 19.2 Å². The Morgan fingerprint density at radius 3 is 2.70 bits per heavy atom. The fourth-order valence-corrected chi connectivity index (χ4v) is 2.27. The third kappa shape index (κ3) is 2.99. The molecule has 0 bridgehead atoms. The molecule has 0 amide bonds. The Morgan fingerprint density at radius 1 is 1.30 bits per heavy atom. The molecule has 0 N–H and O–H groups in total. The van der Waals surface area contributed by atoms with Crippen molar-refractivity contribution in [3.05, 3.63) is 29.8 Å². The van der Waals surface area contributed by atoms with Gasteiger partial charge >= 0.3 is 0 Å². The largest absolute Gasteiger partial charge is 0.497 e. The summed E-state index contributed by atoms with van der Waals surface area (Å²) in [5, 5.41) is 8.68. The highest BCUT2D eigenvalue weighted by Crippen LogP contribution is 2.26. The zero-order chi connectivity index (χ0) is 14.5. The minimum atomic E-state index is -0.392. The molecule has 1 aromatic carbocycles. The van der Waals surface area contributed by atoms with Crippen molar-refractivity contribution >= 4 is 15.9 Å². The van der Waals surface area contributed by atoms with Crippen LogP contribution in [0.4, 0.5) is 4.39 Å². The minimum absolute atomic E-state index is 0.390. The summed E-state index contributed by atoms with van der Waals surface area (Å²) in [6, 6.07) is 4.67. The molecule has 0 unspecified atom stereocenters. The number of rotatable bonds is 6. The van der Waals surface area contributed by atoms with E-state index in [1.807, 2.05) is 4.57 Å². The number of alkyl halides is 1. The van der Waals surface area contributed by atoms with Crippen LogP contribution in [-0.4, -0.2) is 35.6 Å². The van der Waals surface area contributed by atoms with E-state index >= 15 is 0 Å². The van der Waals surface area contributed by atoms with Crippen molar-refractivity contribution < 1.29 is 13.9 Å². The summed E-state index contributed by atoms with van der Waals surface area (Å²) >= 11 is 3.35. The molecule has 108 valence electrons. The maximum Gasteiger partial charge on any atom is 0.167 e. The Hall–Kier alpha value is -1.47. The van der Waals surface area contributed by atoms with E-state index in [0.29, 0.717) is 35.6 Å². The van der Waals surface area contributed by atoms with Gasteiger partial charge in [0.15, 0.2) is 5.82 Å². The highest BCUT2D eigenvalue weighted by atomic mass is 79.9. The second kappa shape index (κ2) is 6.81. The van der Waals surface area contributed by atoms with E-state index in [1.165, 1.54) is 13.2 Å². The topological polar surface area (TPSA) is 49.2 Å². The molecule has 7 heteroatoms. The van der Waals surface area contributed by atoms with E-state index in [4.69, 9.17) is 9.47 Å². The number of hydrogen-bond acceptors (Lipinski definition) is 4. The molecule has 0 atom stereocenters. The molecule has 0 aliphatic rings. The van der Waals surface area contributed by atoms with Crippen LogP contribution in [0.3, 0.4) is 0 Å². The van der Waals surface area contributed by atoms with Crippen molar-refractivity contribution in [1.29, 1.82) is 0 Å². The Morgan fingerprint density at radius 2 is 2.10 bits per heavy atom. The van der Waals surface area contributed by atoms with Gasteiger partial charge in [-0.25, -0.2) is 4.39 Å². The predicted molar refractivity (Wildman–Crippen MR) is 76.5 cm³/mol. The van der Waals surface area contributed by atoms with Crippen LogP contribution in [0.1, 0.15) is 5.82 Å². The molecule has 2 aromatic rings. The first-order valence-corrected chi connectivity index (χ1v) is 7.14. The highest BCUT2D eigenvalue weighted by Gasteiger charge is 2.16. The molecule has 0 spiro atoms. The van der Waals surface area contributed by atoms with Crippen LogP contribution >= 0.6 is 15.9 Å². The van der Waals surface area contributed by atoms with Gasteiger partial charge in [0, 0.05) is 19.7 Å². The Labute approximate surface area is 124 Å². The van der Waals surface area contributed by atoms with Gasteiger partial charge in [-0.2, -0.15) is 0 Å². The van der Waals surface area contributed by atoms with E-state index in [2.05, 4.69) is 26.1 Å². The standard InChI is InChI=1S/C13H15BrFN3O2/c1-19-6-5-18-12(8-14)16-17-13(18)10-4-3-9(20-2)7-11(10)15/h3-4,7H,5-6,8H2,1-2H3. The molecule has 1 aromatic heterocycles. The third-order valence-corrected chi connectivity index (χ3v) is 3.38. The Balaban J connectivity index is 2.43. The van der Waals surface area contributed by atoms with Crippen molar-refractivity contribution in [2.75, 3.05) is 20.8 Å². The number of halogens is 2. The fourth-order valence-electron chi connectivity index (χ4n) is 1.86. The quantitative estimate of drug-likeness (QED) is 0.756. The molecule has 0 fully saturated rings. The third-order valence-electron chi connectivity index (χ3n) is 2.88. The van der Waals surface area contributed by atoms with Crippen molar-refractivity contribution in [1.82, 2.24) is 14.8 Å². The van der Waals surface area contributed by atoms with Crippen LogP contribution in [0.2, 0.25) is 0 Å². The number of benzene rings is 1. The van der Waals surface area contributed by atoms with Gasteiger partial charge in [-0.15, -0.1) is 10.2 Å². The minimum Gasteiger partial charge on any atom is -0.497 e. The summed E-state index contributed by atoms with van der Waals surface area (Å²) in [5.74, 6) is 1.29. The summed E-state index contributed by atoms with van der Waals surface area (Å²) in [5.41, 5.74) is 0.390. The molecule has 20 heavy (non-hydrogen) atoms. The molecular formula is C13H15BrFN3O2. The Kier molecular flexibility index (Phi) is 5.08. The highest BCUT2D eigenvalue weighted by molar-refractivity contribution is 9.08. The van der Waals surface area contributed by atoms with Crippen LogP contribution < -0.4 is 4.74 Å². The number of nitrogens with zero attached hydrogens (tertiary/aromatic N) is 3. The molecule has 0 saturated carbocycles. The van der Waals surface area contributed by atoms with Gasteiger partial charge in [0.05, 0.1) is 24.6 Å². The van der Waals surface area contributed by atoms with Gasteiger partial charge in [0.25, 0.3) is 0 Å². The monoisotopic (exact) mass is 343 g/mol. The fraction of sp³-hybridized carbons (Fsp3) is 0.385. The lowest BCUT2D eigenvalue weighted by atomic mass is 10.2. The summed E-state index contributed by atoms with van der Waals surface area (Å²) in [4.78, 5) is 0. The van der Waals surface area contributed by atoms with Crippen molar-refractivity contribution in [2.45, 2.75) is 11.9 Å². The lowest BCUT2D eigenvalue weighted by Crippen LogP contribution is -2.09. The van der Waals surface area contributed by atoms with Gasteiger partial charge in [0.2, 0.25) is 0 Å². The Bertz CT molecular complexity index is 589. The van der Waals surface area contributed by atoms with Crippen LogP contribution in [0, 0.1) is 5.82 Å². The van der Waals surface area contributed by atoms with Gasteiger partial charge in [0.1, 0.15) is 17.4 Å². The van der Waals surface area contributed by atoms with E-state index in [0.717, 1.165) is 5.82 Å². The average molecular weight is 344 g/mol. The van der Waals surface area contributed by atoms with Crippen LogP contribution in [-0.2, 0) is 16.6 Å². The van der Waals surface area contributed by atoms with Crippen molar-refractivity contribution in [3.63, 3.8) is 0 Å². The first kappa shape index (κ1) is 14.9. The number of methoxy groups -OCH3 is 2. The van der Waals surface area contributed by atoms with Crippen LogP contribution in [0.25, 0.3) is 11.4 Å². The smallest absolute Gasteiger partial charge is 0.167 e. The van der Waals surface area contributed by atoms with E-state index in [-0.39, 0.29) is 0 Å². The van der Waals surface area contributed by atoms with Gasteiger partial charge in [-0.1, -0.05) is 15.9 Å². The molecule has 0 aliphatic carbocycles. The normalized spacial score (nSPS) is 10.8. The van der Waals surface area contributed by atoms with Gasteiger partial charge in [-0.3, -0.25) is 0 Å². The molecule has 5 nitrogen and oxygen atoms in total.